The molecule has 11 heteroatoms. The van der Waals surface area contributed by atoms with Gasteiger partial charge < -0.3 is 29.2 Å². The number of para-hydroxylation sites is 2. The van der Waals surface area contributed by atoms with Crippen LogP contribution in [0.5, 0.6) is 11.5 Å². The minimum absolute atomic E-state index is 0.106. The number of ketones is 1. The summed E-state index contributed by atoms with van der Waals surface area (Å²) in [7, 11) is 0. The molecule has 0 amide bonds. The molecule has 2 atom stereocenters. The number of Topliss-reactive ketones (excluding diaryl/α,β-unsaturated/α-hetero) is 1. The highest BCUT2D eigenvalue weighted by Gasteiger charge is 2.49. The summed E-state index contributed by atoms with van der Waals surface area (Å²) in [6, 6.07) is 35.8. The number of anilines is 1. The molecule has 3 aliphatic heterocycles. The number of quaternary nitrogens is 1. The van der Waals surface area contributed by atoms with Crippen LogP contribution in [0.15, 0.2) is 115 Å². The second-order valence-corrected chi connectivity index (χ2v) is 11.9. The van der Waals surface area contributed by atoms with E-state index in [0.717, 1.165) is 42.9 Å². The van der Waals surface area contributed by atoms with Gasteiger partial charge in [-0.15, -0.1) is 0 Å². The van der Waals surface area contributed by atoms with Gasteiger partial charge in [0.2, 0.25) is 5.78 Å². The number of hydrogen-bond donors (Lipinski definition) is 1. The van der Waals surface area contributed by atoms with Crippen LogP contribution in [-0.4, -0.2) is 60.7 Å². The maximum absolute atomic E-state index is 13.6. The van der Waals surface area contributed by atoms with Crippen molar-refractivity contribution in [1.29, 1.82) is 0 Å². The van der Waals surface area contributed by atoms with Gasteiger partial charge in [-0.1, -0.05) is 66.7 Å². The van der Waals surface area contributed by atoms with Gasteiger partial charge in [0, 0.05) is 30.0 Å². The minimum atomic E-state index is -5.19. The number of ether oxygens (including phenoxy) is 2. The van der Waals surface area contributed by atoms with Crippen LogP contribution in [0.25, 0.3) is 0 Å². The topological polar surface area (TPSA) is 105 Å². The van der Waals surface area contributed by atoms with Crippen LogP contribution in [0.1, 0.15) is 34.8 Å². The normalized spacial score (nSPS) is 20.4. The van der Waals surface area contributed by atoms with E-state index >= 15 is 0 Å². The summed E-state index contributed by atoms with van der Waals surface area (Å²) >= 11 is 0. The zero-order valence-corrected chi connectivity index (χ0v) is 26.0. The van der Waals surface area contributed by atoms with Crippen molar-refractivity contribution in [2.75, 3.05) is 31.5 Å². The molecule has 3 saturated heterocycles. The molecule has 8 nitrogen and oxygen atoms in total. The highest BCUT2D eigenvalue weighted by atomic mass is 19.4. The van der Waals surface area contributed by atoms with Crippen molar-refractivity contribution < 1.29 is 46.6 Å². The van der Waals surface area contributed by atoms with Gasteiger partial charge in [0.15, 0.2) is 12.1 Å². The fourth-order valence-electron chi connectivity index (χ4n) is 6.15. The molecule has 7 rings (SSSR count). The third-order valence-electron chi connectivity index (χ3n) is 8.63. The second-order valence-electron chi connectivity index (χ2n) is 11.9. The first-order valence-corrected chi connectivity index (χ1v) is 15.6. The number of esters is 1. The average Bonchev–Trinajstić information content (AvgIpc) is 3.09. The van der Waals surface area contributed by atoms with Gasteiger partial charge in [-0.05, 0) is 54.1 Å². The number of hydrogen-bond acceptors (Lipinski definition) is 7. The number of aliphatic carboxylic acids is 1. The van der Waals surface area contributed by atoms with Crippen molar-refractivity contribution in [1.82, 2.24) is 0 Å². The van der Waals surface area contributed by atoms with Gasteiger partial charge in [-0.25, -0.2) is 4.79 Å². The molecule has 2 bridgehead atoms. The Morgan fingerprint density at radius 2 is 1.31 bits per heavy atom. The van der Waals surface area contributed by atoms with Crippen LogP contribution >= 0.6 is 0 Å². The number of carbonyl (C=O) groups excluding carboxylic acids is 3. The number of alkyl halides is 3. The van der Waals surface area contributed by atoms with Crippen molar-refractivity contribution in [3.8, 4) is 11.5 Å². The van der Waals surface area contributed by atoms with Crippen molar-refractivity contribution in [2.45, 2.75) is 31.2 Å². The fraction of sp³-hybridized carbons (Fsp3) is 0.270. The summed E-state index contributed by atoms with van der Waals surface area (Å²) in [6.07, 6.45) is -3.49. The molecule has 4 aromatic rings. The molecule has 4 aromatic carbocycles. The lowest BCUT2D eigenvalue weighted by molar-refractivity contribution is -0.938. The number of carboxylic acids is 1. The molecule has 0 aromatic heterocycles. The Hall–Kier alpha value is -5.16. The van der Waals surface area contributed by atoms with E-state index in [2.05, 4.69) is 5.32 Å². The molecule has 0 spiro atoms. The smallest absolute Gasteiger partial charge is 0.430 e. The molecular formula is C37H35F3N2O6. The van der Waals surface area contributed by atoms with E-state index in [9.17, 15) is 22.8 Å². The number of rotatable bonds is 10. The van der Waals surface area contributed by atoms with Crippen molar-refractivity contribution in [3.05, 3.63) is 126 Å². The molecule has 0 saturated carbocycles. The molecule has 1 N–H and O–H groups in total. The van der Waals surface area contributed by atoms with E-state index in [1.165, 1.54) is 0 Å². The van der Waals surface area contributed by atoms with Gasteiger partial charge >= 0.3 is 12.1 Å². The average molecular weight is 661 g/mol. The van der Waals surface area contributed by atoms with Gasteiger partial charge in [0.05, 0.1) is 13.1 Å². The number of benzene rings is 4. The van der Waals surface area contributed by atoms with Crippen LogP contribution in [0.2, 0.25) is 0 Å². The number of fused-ring (bicyclic) bond motifs is 3. The third-order valence-corrected chi connectivity index (χ3v) is 8.63. The van der Waals surface area contributed by atoms with Crippen LogP contribution in [0.4, 0.5) is 18.9 Å². The largest absolute Gasteiger partial charge is 0.542 e. The zero-order valence-electron chi connectivity index (χ0n) is 26.0. The summed E-state index contributed by atoms with van der Waals surface area (Å²) in [5.74, 6) is -1.39. The van der Waals surface area contributed by atoms with Crippen LogP contribution in [0.3, 0.4) is 0 Å². The van der Waals surface area contributed by atoms with Crippen LogP contribution < -0.4 is 15.2 Å². The van der Waals surface area contributed by atoms with Crippen molar-refractivity contribution in [3.63, 3.8) is 0 Å². The molecule has 3 aliphatic rings. The first-order chi connectivity index (χ1) is 23.0. The molecule has 3 heterocycles. The Kier molecular flexibility index (Phi) is 10.8. The number of halogens is 3. The molecule has 250 valence electrons. The predicted molar refractivity (Wildman–Crippen MR) is 170 cm³/mol. The Bertz CT molecular complexity index is 1660. The number of carbonyl (C=O) groups is 3. The molecule has 3 fully saturated rings. The second kappa shape index (κ2) is 15.2. The lowest BCUT2D eigenvalue weighted by atomic mass is 9.82. The van der Waals surface area contributed by atoms with Gasteiger partial charge in [0.1, 0.15) is 30.6 Å². The first-order valence-electron chi connectivity index (χ1n) is 15.6. The fourth-order valence-corrected chi connectivity index (χ4v) is 6.15. The zero-order chi connectivity index (χ0) is 34.1. The molecule has 1 unspecified atom stereocenters. The number of piperidine rings is 3. The number of nitrogens with one attached hydrogen (secondary N) is 1. The number of nitrogens with zero attached hydrogens (tertiary/aromatic N) is 1. The first kappa shape index (κ1) is 34.2. The Labute approximate surface area is 276 Å². The van der Waals surface area contributed by atoms with E-state index in [-0.39, 0.29) is 17.9 Å². The SMILES string of the molecule is O=C(C[N+]12CCC(CC1)C(OC(=O)[C@H](Nc1ccccc1)c1ccccc1)C2)c1ccc(Oc2ccccc2)cc1.O=C([O-])C(F)(F)F. The van der Waals surface area contributed by atoms with E-state index < -0.39 is 18.2 Å². The molecular weight excluding hydrogens is 625 g/mol. The highest BCUT2D eigenvalue weighted by molar-refractivity contribution is 5.97. The Balaban J connectivity index is 0.000000582. The van der Waals surface area contributed by atoms with Gasteiger partial charge in [-0.3, -0.25) is 4.79 Å². The predicted octanol–water partition coefficient (Wildman–Crippen LogP) is 5.97. The monoisotopic (exact) mass is 660 g/mol. The maximum atomic E-state index is 13.6. The summed E-state index contributed by atoms with van der Waals surface area (Å²) in [5, 5.41) is 12.2. The summed E-state index contributed by atoms with van der Waals surface area (Å²) < 4.78 is 44.3. The quantitative estimate of drug-likeness (QED) is 0.127. The van der Waals surface area contributed by atoms with Crippen molar-refractivity contribution in [2.24, 2.45) is 5.92 Å². The Morgan fingerprint density at radius 3 is 1.88 bits per heavy atom. The van der Waals surface area contributed by atoms with Crippen LogP contribution in [0, 0.1) is 5.92 Å². The summed E-state index contributed by atoms with van der Waals surface area (Å²) in [5.41, 5.74) is 2.40. The van der Waals surface area contributed by atoms with Crippen molar-refractivity contribution >= 4 is 23.4 Å². The Morgan fingerprint density at radius 1 is 0.792 bits per heavy atom. The van der Waals surface area contributed by atoms with E-state index in [1.54, 1.807) is 0 Å². The lowest BCUT2D eigenvalue weighted by Gasteiger charge is -2.51. The lowest BCUT2D eigenvalue weighted by Crippen LogP contribution is -2.65. The summed E-state index contributed by atoms with van der Waals surface area (Å²) in [6.45, 7) is 2.95. The summed E-state index contributed by atoms with van der Waals surface area (Å²) in [4.78, 5) is 35.8. The van der Waals surface area contributed by atoms with E-state index in [0.29, 0.717) is 34.8 Å². The molecule has 0 radical (unpaired) electrons. The third kappa shape index (κ3) is 9.01. The number of carboxylic acid groups (broad SMARTS) is 1. The maximum Gasteiger partial charge on any atom is 0.430 e. The van der Waals surface area contributed by atoms with Gasteiger partial charge in [-0.2, -0.15) is 13.2 Å². The standard InChI is InChI=1S/C35H35N2O4.C2HF3O2/c38-32(26-16-18-31(19-17-26)40-30-14-8-3-9-15-30)24-37-22-20-27(21-23-37)33(25-37)41-35(39)34(28-10-4-1-5-11-28)36-29-12-6-2-7-13-29;3-2(4,5)1(6)7/h1-19,27,33-34,36H,20-25H2;(H,6,7)/q+1;/p-1/t27?,33?,34-,37?;/m1./s1. The highest BCUT2D eigenvalue weighted by Crippen LogP contribution is 2.37. The van der Waals surface area contributed by atoms with E-state index in [4.69, 9.17) is 19.4 Å². The molecule has 48 heavy (non-hydrogen) atoms. The van der Waals surface area contributed by atoms with E-state index in [1.807, 2.05) is 115 Å². The van der Waals surface area contributed by atoms with Crippen LogP contribution in [-0.2, 0) is 14.3 Å². The molecule has 0 aliphatic carbocycles. The minimum Gasteiger partial charge on any atom is -0.542 e. The van der Waals surface area contributed by atoms with Gasteiger partial charge in [0.25, 0.3) is 0 Å².